The minimum absolute atomic E-state index is 0.198. The number of para-hydroxylation sites is 1. The molecule has 0 bridgehead atoms. The van der Waals surface area contributed by atoms with Crippen LogP contribution in [0.15, 0.2) is 48.2 Å². The highest BCUT2D eigenvalue weighted by atomic mass is 16.2. The van der Waals surface area contributed by atoms with Gasteiger partial charge in [-0.05, 0) is 62.8 Å². The summed E-state index contributed by atoms with van der Waals surface area (Å²) in [5.41, 5.74) is 5.75. The van der Waals surface area contributed by atoms with Crippen molar-refractivity contribution in [2.75, 3.05) is 18.0 Å². The highest BCUT2D eigenvalue weighted by molar-refractivity contribution is 6.45. The molecular weight excluding hydrogens is 348 g/mol. The molecule has 4 heteroatoms. The number of nitrogens with zero attached hydrogens (tertiary/aromatic N) is 2. The molecule has 1 saturated heterocycles. The second-order valence-corrected chi connectivity index (χ2v) is 7.82. The Kier molecular flexibility index (Phi) is 4.80. The molecule has 2 aliphatic heterocycles. The van der Waals surface area contributed by atoms with E-state index in [-0.39, 0.29) is 11.8 Å². The van der Waals surface area contributed by atoms with Gasteiger partial charge in [0.2, 0.25) is 0 Å². The first-order valence-electron chi connectivity index (χ1n) is 10.0. The van der Waals surface area contributed by atoms with E-state index in [1.165, 1.54) is 11.3 Å². The molecule has 0 saturated carbocycles. The molecule has 2 aromatic carbocycles. The lowest BCUT2D eigenvalue weighted by atomic mass is 9.96. The third-order valence-electron chi connectivity index (χ3n) is 5.74. The maximum atomic E-state index is 13.6. The number of hydrogen-bond donors (Lipinski definition) is 0. The molecule has 4 nitrogen and oxygen atoms in total. The van der Waals surface area contributed by atoms with Crippen molar-refractivity contribution < 1.29 is 9.59 Å². The van der Waals surface area contributed by atoms with Crippen LogP contribution in [0.2, 0.25) is 0 Å². The summed E-state index contributed by atoms with van der Waals surface area (Å²) in [6, 6.07) is 13.7. The SMILES string of the molecule is Cc1ccc(C2=C(N3CCCCC3)C(=O)N(c3ccccc3C)C2=O)c(C)c1. The van der Waals surface area contributed by atoms with E-state index < -0.39 is 0 Å². The molecule has 0 N–H and O–H groups in total. The Labute approximate surface area is 166 Å². The second-order valence-electron chi connectivity index (χ2n) is 7.82. The number of benzene rings is 2. The van der Waals surface area contributed by atoms with Crippen molar-refractivity contribution in [3.63, 3.8) is 0 Å². The third-order valence-corrected chi connectivity index (χ3v) is 5.74. The van der Waals surface area contributed by atoms with Gasteiger partial charge in [-0.25, -0.2) is 4.90 Å². The molecule has 0 spiro atoms. The number of carbonyl (C=O) groups is 2. The predicted molar refractivity (Wildman–Crippen MR) is 112 cm³/mol. The Morgan fingerprint density at radius 1 is 0.786 bits per heavy atom. The molecule has 1 fully saturated rings. The van der Waals surface area contributed by atoms with E-state index in [0.29, 0.717) is 17.0 Å². The van der Waals surface area contributed by atoms with Gasteiger partial charge in [0.25, 0.3) is 11.8 Å². The lowest BCUT2D eigenvalue weighted by Crippen LogP contribution is -2.37. The lowest BCUT2D eigenvalue weighted by Gasteiger charge is -2.30. The fourth-order valence-electron chi connectivity index (χ4n) is 4.30. The van der Waals surface area contributed by atoms with E-state index >= 15 is 0 Å². The monoisotopic (exact) mass is 374 g/mol. The maximum Gasteiger partial charge on any atom is 0.282 e. The van der Waals surface area contributed by atoms with Gasteiger partial charge in [-0.2, -0.15) is 0 Å². The van der Waals surface area contributed by atoms with Crippen molar-refractivity contribution >= 4 is 23.1 Å². The number of likely N-dealkylation sites (tertiary alicyclic amines) is 1. The zero-order chi connectivity index (χ0) is 19.8. The van der Waals surface area contributed by atoms with Gasteiger partial charge >= 0.3 is 0 Å². The minimum Gasteiger partial charge on any atom is -0.366 e. The molecule has 0 aromatic heterocycles. The Morgan fingerprint density at radius 3 is 2.18 bits per heavy atom. The van der Waals surface area contributed by atoms with Crippen LogP contribution in [0.1, 0.15) is 41.5 Å². The zero-order valence-corrected chi connectivity index (χ0v) is 16.8. The first kappa shape index (κ1) is 18.5. The molecule has 2 amide bonds. The normalized spacial score (nSPS) is 17.7. The number of piperidine rings is 1. The van der Waals surface area contributed by atoms with Crippen LogP contribution in [0.25, 0.3) is 5.57 Å². The smallest absolute Gasteiger partial charge is 0.282 e. The lowest BCUT2D eigenvalue weighted by molar-refractivity contribution is -0.120. The van der Waals surface area contributed by atoms with Crippen molar-refractivity contribution in [2.24, 2.45) is 0 Å². The molecule has 0 atom stereocenters. The van der Waals surface area contributed by atoms with Crippen molar-refractivity contribution in [3.8, 4) is 0 Å². The summed E-state index contributed by atoms with van der Waals surface area (Å²) in [4.78, 5) is 30.6. The van der Waals surface area contributed by atoms with Gasteiger partial charge in [-0.15, -0.1) is 0 Å². The van der Waals surface area contributed by atoms with Gasteiger partial charge in [0.1, 0.15) is 5.70 Å². The number of rotatable bonds is 3. The first-order chi connectivity index (χ1) is 13.5. The summed E-state index contributed by atoms with van der Waals surface area (Å²) >= 11 is 0. The molecule has 0 aliphatic carbocycles. The average Bonchev–Trinajstić information content (AvgIpc) is 2.93. The van der Waals surface area contributed by atoms with Crippen LogP contribution in [0, 0.1) is 20.8 Å². The summed E-state index contributed by atoms with van der Waals surface area (Å²) < 4.78 is 0. The Morgan fingerprint density at radius 2 is 1.50 bits per heavy atom. The molecule has 2 heterocycles. The number of anilines is 1. The van der Waals surface area contributed by atoms with E-state index in [9.17, 15) is 9.59 Å². The van der Waals surface area contributed by atoms with Crippen molar-refractivity contribution in [3.05, 3.63) is 70.4 Å². The molecular formula is C24H26N2O2. The summed E-state index contributed by atoms with van der Waals surface area (Å²) in [5.74, 6) is -0.414. The Bertz CT molecular complexity index is 984. The van der Waals surface area contributed by atoms with Crippen LogP contribution in [-0.2, 0) is 9.59 Å². The van der Waals surface area contributed by atoms with Crippen molar-refractivity contribution in [1.82, 2.24) is 4.90 Å². The summed E-state index contributed by atoms with van der Waals surface area (Å²) in [6.07, 6.45) is 3.28. The summed E-state index contributed by atoms with van der Waals surface area (Å²) in [6.45, 7) is 7.63. The molecule has 2 aromatic rings. The maximum absolute atomic E-state index is 13.6. The molecule has 4 rings (SSSR count). The van der Waals surface area contributed by atoms with E-state index in [4.69, 9.17) is 0 Å². The third kappa shape index (κ3) is 3.03. The summed E-state index contributed by atoms with van der Waals surface area (Å²) in [5, 5.41) is 0. The zero-order valence-electron chi connectivity index (χ0n) is 16.8. The highest BCUT2D eigenvalue weighted by Crippen LogP contribution is 2.37. The number of carbonyl (C=O) groups excluding carboxylic acids is 2. The van der Waals surface area contributed by atoms with Gasteiger partial charge < -0.3 is 4.90 Å². The number of amides is 2. The van der Waals surface area contributed by atoms with Crippen LogP contribution in [0.4, 0.5) is 5.69 Å². The molecule has 144 valence electrons. The Balaban J connectivity index is 1.88. The fourth-order valence-corrected chi connectivity index (χ4v) is 4.30. The number of hydrogen-bond acceptors (Lipinski definition) is 3. The van der Waals surface area contributed by atoms with Crippen molar-refractivity contribution in [2.45, 2.75) is 40.0 Å². The fraction of sp³-hybridized carbons (Fsp3) is 0.333. The predicted octanol–water partition coefficient (Wildman–Crippen LogP) is 4.38. The van der Waals surface area contributed by atoms with Crippen molar-refractivity contribution in [1.29, 1.82) is 0 Å². The number of imide groups is 1. The van der Waals surface area contributed by atoms with Gasteiger partial charge in [-0.3, -0.25) is 9.59 Å². The quantitative estimate of drug-likeness (QED) is 0.749. The van der Waals surface area contributed by atoms with Crippen LogP contribution in [0.5, 0.6) is 0 Å². The average molecular weight is 374 g/mol. The molecule has 0 unspecified atom stereocenters. The standard InChI is InChI=1S/C24H26N2O2/c1-16-11-12-19(18(3)15-16)21-22(25-13-7-4-8-14-25)24(28)26(23(21)27)20-10-6-5-9-17(20)2/h5-6,9-12,15H,4,7-8,13-14H2,1-3H3. The summed E-state index contributed by atoms with van der Waals surface area (Å²) in [7, 11) is 0. The van der Waals surface area contributed by atoms with Crippen LogP contribution in [0.3, 0.4) is 0 Å². The van der Waals surface area contributed by atoms with E-state index in [1.807, 2.05) is 57.2 Å². The highest BCUT2D eigenvalue weighted by Gasteiger charge is 2.43. The van der Waals surface area contributed by atoms with Crippen LogP contribution in [-0.4, -0.2) is 29.8 Å². The van der Waals surface area contributed by atoms with Gasteiger partial charge in [0.05, 0.1) is 11.3 Å². The van der Waals surface area contributed by atoms with E-state index in [1.54, 1.807) is 0 Å². The van der Waals surface area contributed by atoms with Crippen LogP contribution >= 0.6 is 0 Å². The molecule has 28 heavy (non-hydrogen) atoms. The van der Waals surface area contributed by atoms with Crippen LogP contribution < -0.4 is 4.90 Å². The van der Waals surface area contributed by atoms with E-state index in [0.717, 1.165) is 48.2 Å². The van der Waals surface area contributed by atoms with Gasteiger partial charge in [0, 0.05) is 13.1 Å². The first-order valence-corrected chi connectivity index (χ1v) is 10.0. The minimum atomic E-state index is -0.216. The largest absolute Gasteiger partial charge is 0.366 e. The molecule has 0 radical (unpaired) electrons. The Hall–Kier alpha value is -2.88. The van der Waals surface area contributed by atoms with Gasteiger partial charge in [-0.1, -0.05) is 42.0 Å². The van der Waals surface area contributed by atoms with E-state index in [2.05, 4.69) is 11.0 Å². The number of aryl methyl sites for hydroxylation is 3. The second kappa shape index (κ2) is 7.27. The van der Waals surface area contributed by atoms with Gasteiger partial charge in [0.15, 0.2) is 0 Å². The topological polar surface area (TPSA) is 40.6 Å². The molecule has 2 aliphatic rings.